The average molecular weight is 467 g/mol. The van der Waals surface area contributed by atoms with E-state index in [0.29, 0.717) is 32.8 Å². The van der Waals surface area contributed by atoms with E-state index in [1.807, 2.05) is 0 Å². The molecule has 9 nitrogen and oxygen atoms in total. The SMILES string of the molecule is COc1ccc(C(=O)N/N=C/c2cc(Br)c(OCC(=O)O)c(OC)c2)cc1OC. The number of hydrogen-bond acceptors (Lipinski definition) is 7. The predicted molar refractivity (Wildman–Crippen MR) is 108 cm³/mol. The van der Waals surface area contributed by atoms with Crippen molar-refractivity contribution < 1.29 is 33.6 Å². The molecule has 0 spiro atoms. The summed E-state index contributed by atoms with van der Waals surface area (Å²) in [5.41, 5.74) is 3.35. The van der Waals surface area contributed by atoms with Crippen LogP contribution in [0.15, 0.2) is 39.9 Å². The van der Waals surface area contributed by atoms with Gasteiger partial charge in [-0.05, 0) is 51.8 Å². The number of carboxylic acid groups (broad SMARTS) is 1. The summed E-state index contributed by atoms with van der Waals surface area (Å²) in [6, 6.07) is 7.98. The first-order valence-electron chi connectivity index (χ1n) is 8.17. The average Bonchev–Trinajstić information content (AvgIpc) is 2.71. The normalized spacial score (nSPS) is 10.5. The molecule has 0 saturated carbocycles. The number of ether oxygens (including phenoxy) is 4. The topological polar surface area (TPSA) is 116 Å². The van der Waals surface area contributed by atoms with Gasteiger partial charge >= 0.3 is 5.97 Å². The lowest BCUT2D eigenvalue weighted by Crippen LogP contribution is -2.17. The second kappa shape index (κ2) is 10.3. The predicted octanol–water partition coefficient (Wildman–Crippen LogP) is 2.70. The standard InChI is InChI=1S/C19H19BrN2O7/c1-26-14-5-4-12(8-15(14)27-2)19(25)22-21-9-11-6-13(20)18(16(7-11)28-3)29-10-17(23)24/h4-9H,10H2,1-3H3,(H,22,25)(H,23,24)/b21-9+. The van der Waals surface area contributed by atoms with Gasteiger partial charge in [0.15, 0.2) is 29.6 Å². The Morgan fingerprint density at radius 3 is 2.38 bits per heavy atom. The van der Waals surface area contributed by atoms with Crippen LogP contribution in [0.5, 0.6) is 23.0 Å². The largest absolute Gasteiger partial charge is 0.493 e. The van der Waals surface area contributed by atoms with E-state index >= 15 is 0 Å². The molecule has 0 aliphatic carbocycles. The molecule has 0 atom stereocenters. The van der Waals surface area contributed by atoms with E-state index in [1.165, 1.54) is 33.6 Å². The molecule has 29 heavy (non-hydrogen) atoms. The minimum Gasteiger partial charge on any atom is -0.493 e. The third-order valence-corrected chi connectivity index (χ3v) is 4.21. The third kappa shape index (κ3) is 5.85. The van der Waals surface area contributed by atoms with Crippen LogP contribution in [0.1, 0.15) is 15.9 Å². The van der Waals surface area contributed by atoms with Crippen molar-refractivity contribution in [1.29, 1.82) is 0 Å². The molecule has 0 saturated heterocycles. The lowest BCUT2D eigenvalue weighted by Gasteiger charge is -2.12. The summed E-state index contributed by atoms with van der Waals surface area (Å²) in [5.74, 6) is -0.0451. The van der Waals surface area contributed by atoms with Gasteiger partial charge in [-0.3, -0.25) is 4.79 Å². The van der Waals surface area contributed by atoms with Crippen LogP contribution < -0.4 is 24.4 Å². The lowest BCUT2D eigenvalue weighted by molar-refractivity contribution is -0.139. The van der Waals surface area contributed by atoms with Crippen molar-refractivity contribution >= 4 is 34.0 Å². The Labute approximate surface area is 175 Å². The van der Waals surface area contributed by atoms with Crippen molar-refractivity contribution in [3.8, 4) is 23.0 Å². The number of nitrogens with one attached hydrogen (secondary N) is 1. The maximum absolute atomic E-state index is 12.3. The number of methoxy groups -OCH3 is 3. The van der Waals surface area contributed by atoms with Crippen LogP contribution in [0, 0.1) is 0 Å². The third-order valence-electron chi connectivity index (χ3n) is 3.62. The van der Waals surface area contributed by atoms with Crippen molar-refractivity contribution in [2.24, 2.45) is 5.10 Å². The molecule has 154 valence electrons. The highest BCUT2D eigenvalue weighted by molar-refractivity contribution is 9.10. The van der Waals surface area contributed by atoms with E-state index in [9.17, 15) is 9.59 Å². The van der Waals surface area contributed by atoms with Crippen LogP contribution in [0.3, 0.4) is 0 Å². The molecule has 10 heteroatoms. The molecular formula is C19H19BrN2O7. The molecule has 0 bridgehead atoms. The summed E-state index contributed by atoms with van der Waals surface area (Å²) in [4.78, 5) is 23.0. The molecule has 0 aliphatic rings. The van der Waals surface area contributed by atoms with Crippen LogP contribution in [-0.2, 0) is 4.79 Å². The molecule has 0 radical (unpaired) electrons. The van der Waals surface area contributed by atoms with Crippen molar-refractivity contribution in [3.63, 3.8) is 0 Å². The van der Waals surface area contributed by atoms with Crippen LogP contribution in [0.2, 0.25) is 0 Å². The summed E-state index contributed by atoms with van der Waals surface area (Å²) in [5, 5.41) is 12.7. The van der Waals surface area contributed by atoms with E-state index in [-0.39, 0.29) is 5.75 Å². The van der Waals surface area contributed by atoms with Crippen LogP contribution in [0.25, 0.3) is 0 Å². The quantitative estimate of drug-likeness (QED) is 0.431. The Morgan fingerprint density at radius 2 is 1.76 bits per heavy atom. The van der Waals surface area contributed by atoms with Gasteiger partial charge in [0, 0.05) is 5.56 Å². The van der Waals surface area contributed by atoms with E-state index in [4.69, 9.17) is 24.1 Å². The molecule has 1 amide bonds. The van der Waals surface area contributed by atoms with E-state index in [2.05, 4.69) is 26.5 Å². The monoisotopic (exact) mass is 466 g/mol. The molecule has 2 aromatic rings. The number of carboxylic acids is 1. The number of benzene rings is 2. The van der Waals surface area contributed by atoms with Gasteiger partial charge in [0.1, 0.15) is 0 Å². The van der Waals surface area contributed by atoms with Gasteiger partial charge < -0.3 is 24.1 Å². The van der Waals surface area contributed by atoms with Gasteiger partial charge in [0.25, 0.3) is 5.91 Å². The molecule has 0 aliphatic heterocycles. The number of aliphatic carboxylic acids is 1. The minimum atomic E-state index is -1.11. The maximum atomic E-state index is 12.3. The number of rotatable bonds is 9. The maximum Gasteiger partial charge on any atom is 0.341 e. The van der Waals surface area contributed by atoms with Crippen molar-refractivity contribution in [3.05, 3.63) is 45.9 Å². The van der Waals surface area contributed by atoms with Gasteiger partial charge in [0.2, 0.25) is 0 Å². The fourth-order valence-corrected chi connectivity index (χ4v) is 2.87. The smallest absolute Gasteiger partial charge is 0.341 e. The first kappa shape index (κ1) is 22.0. The van der Waals surface area contributed by atoms with Gasteiger partial charge in [-0.15, -0.1) is 0 Å². The molecule has 0 fully saturated rings. The fourth-order valence-electron chi connectivity index (χ4n) is 2.30. The van der Waals surface area contributed by atoms with Crippen molar-refractivity contribution in [2.45, 2.75) is 0 Å². The number of nitrogens with zero attached hydrogens (tertiary/aromatic N) is 1. The molecule has 0 aromatic heterocycles. The summed E-state index contributed by atoms with van der Waals surface area (Å²) >= 11 is 3.30. The number of hydrazone groups is 1. The Kier molecular flexibility index (Phi) is 7.84. The van der Waals surface area contributed by atoms with Crippen LogP contribution >= 0.6 is 15.9 Å². The summed E-state index contributed by atoms with van der Waals surface area (Å²) in [7, 11) is 4.41. The first-order valence-corrected chi connectivity index (χ1v) is 8.96. The lowest BCUT2D eigenvalue weighted by atomic mass is 10.2. The van der Waals surface area contributed by atoms with Crippen molar-refractivity contribution in [2.75, 3.05) is 27.9 Å². The van der Waals surface area contributed by atoms with Crippen molar-refractivity contribution in [1.82, 2.24) is 5.43 Å². The zero-order chi connectivity index (χ0) is 21.4. The highest BCUT2D eigenvalue weighted by Gasteiger charge is 2.13. The number of carbonyl (C=O) groups excluding carboxylic acids is 1. The van der Waals surface area contributed by atoms with E-state index < -0.39 is 18.5 Å². The fraction of sp³-hybridized carbons (Fsp3) is 0.211. The van der Waals surface area contributed by atoms with E-state index in [0.717, 1.165) is 0 Å². The second-order valence-electron chi connectivity index (χ2n) is 5.49. The second-order valence-corrected chi connectivity index (χ2v) is 6.34. The molecule has 0 unspecified atom stereocenters. The number of amides is 1. The molecule has 2 rings (SSSR count). The van der Waals surface area contributed by atoms with Crippen LogP contribution in [0.4, 0.5) is 0 Å². The van der Waals surface area contributed by atoms with Gasteiger partial charge in [0.05, 0.1) is 32.0 Å². The zero-order valence-corrected chi connectivity index (χ0v) is 17.5. The van der Waals surface area contributed by atoms with Gasteiger partial charge in [-0.25, -0.2) is 10.2 Å². The highest BCUT2D eigenvalue weighted by atomic mass is 79.9. The van der Waals surface area contributed by atoms with E-state index in [1.54, 1.807) is 24.3 Å². The summed E-state index contributed by atoms with van der Waals surface area (Å²) in [6.45, 7) is -0.510. The molecule has 0 heterocycles. The van der Waals surface area contributed by atoms with Gasteiger partial charge in [-0.2, -0.15) is 5.10 Å². The molecular weight excluding hydrogens is 448 g/mol. The Bertz CT molecular complexity index is 931. The number of halogens is 1. The Hall–Kier alpha value is -3.27. The number of hydrogen-bond donors (Lipinski definition) is 2. The number of carbonyl (C=O) groups is 2. The highest BCUT2D eigenvalue weighted by Crippen LogP contribution is 2.36. The Morgan fingerprint density at radius 1 is 1.07 bits per heavy atom. The zero-order valence-electron chi connectivity index (χ0n) is 15.9. The minimum absolute atomic E-state index is 0.251. The first-order chi connectivity index (χ1) is 13.9. The summed E-state index contributed by atoms with van der Waals surface area (Å²) < 4.78 is 21.2. The Balaban J connectivity index is 2.12. The summed E-state index contributed by atoms with van der Waals surface area (Å²) in [6.07, 6.45) is 1.41. The van der Waals surface area contributed by atoms with Gasteiger partial charge in [-0.1, -0.05) is 0 Å². The molecule has 2 aromatic carbocycles. The van der Waals surface area contributed by atoms with Crippen LogP contribution in [-0.4, -0.2) is 51.1 Å². The molecule has 2 N–H and O–H groups in total.